The van der Waals surface area contributed by atoms with E-state index in [9.17, 15) is 4.79 Å². The fourth-order valence-corrected chi connectivity index (χ4v) is 1.92. The third-order valence-electron chi connectivity index (χ3n) is 2.92. The lowest BCUT2D eigenvalue weighted by molar-refractivity contribution is -0.149. The lowest BCUT2D eigenvalue weighted by Gasteiger charge is -2.18. The van der Waals surface area contributed by atoms with Crippen molar-refractivity contribution in [3.8, 4) is 17.3 Å². The summed E-state index contributed by atoms with van der Waals surface area (Å²) in [6.07, 6.45) is 3.26. The van der Waals surface area contributed by atoms with Crippen LogP contribution in [0.5, 0.6) is 0 Å². The number of hydrogen-bond acceptors (Lipinski definition) is 4. The Bertz CT molecular complexity index is 749. The monoisotopic (exact) mass is 306 g/mol. The summed E-state index contributed by atoms with van der Waals surface area (Å²) in [5.74, 6) is -0.617. The third kappa shape index (κ3) is 4.79. The molecule has 23 heavy (non-hydrogen) atoms. The zero-order chi connectivity index (χ0) is 16.9. The molecule has 2 rings (SSSR count). The van der Waals surface area contributed by atoms with Crippen molar-refractivity contribution in [3.05, 3.63) is 59.8 Å². The van der Waals surface area contributed by atoms with E-state index in [0.717, 1.165) is 16.8 Å². The Balaban J connectivity index is 2.21. The van der Waals surface area contributed by atoms with E-state index in [1.807, 2.05) is 48.5 Å². The summed E-state index contributed by atoms with van der Waals surface area (Å²) in [5.41, 5.74) is 1.95. The van der Waals surface area contributed by atoms with Crippen molar-refractivity contribution in [1.82, 2.24) is 4.98 Å². The Morgan fingerprint density at radius 1 is 1.17 bits per heavy atom. The van der Waals surface area contributed by atoms with Gasteiger partial charge >= 0.3 is 5.97 Å². The second-order valence-electron chi connectivity index (χ2n) is 6.01. The molecule has 0 radical (unpaired) electrons. The predicted octanol–water partition coefficient (Wildman–Crippen LogP) is 4.00. The van der Waals surface area contributed by atoms with Crippen LogP contribution in [0.4, 0.5) is 0 Å². The second kappa shape index (κ2) is 6.89. The molecule has 0 saturated carbocycles. The van der Waals surface area contributed by atoms with Crippen LogP contribution in [0, 0.1) is 11.3 Å². The van der Waals surface area contributed by atoms with E-state index in [1.165, 1.54) is 6.08 Å². The van der Waals surface area contributed by atoms with Crippen LogP contribution in [-0.4, -0.2) is 16.6 Å². The largest absolute Gasteiger partial charge is 0.456 e. The lowest BCUT2D eigenvalue weighted by atomic mass is 10.1. The summed E-state index contributed by atoms with van der Waals surface area (Å²) in [6.45, 7) is 5.30. The molecular formula is C19H18N2O2. The Kier molecular flexibility index (Phi) is 4.92. The molecule has 0 spiro atoms. The molecule has 1 heterocycles. The first kappa shape index (κ1) is 16.4. The number of ether oxygens (including phenoxy) is 1. The minimum absolute atomic E-state index is 0.0227. The molecule has 1 aromatic heterocycles. The fourth-order valence-electron chi connectivity index (χ4n) is 1.92. The summed E-state index contributed by atoms with van der Waals surface area (Å²) in [6, 6.07) is 15.1. The van der Waals surface area contributed by atoms with Crippen molar-refractivity contribution in [2.45, 2.75) is 26.4 Å². The van der Waals surface area contributed by atoms with Gasteiger partial charge in [0.2, 0.25) is 0 Å². The maximum Gasteiger partial charge on any atom is 0.349 e. The molecular weight excluding hydrogens is 288 g/mol. The Hall–Kier alpha value is -2.93. The van der Waals surface area contributed by atoms with Crippen LogP contribution in [0.25, 0.3) is 17.3 Å². The normalized spacial score (nSPS) is 11.7. The minimum atomic E-state index is -0.629. The van der Waals surface area contributed by atoms with Crippen molar-refractivity contribution >= 4 is 12.0 Å². The maximum absolute atomic E-state index is 12.0. The fraction of sp³-hybridized carbons (Fsp3) is 0.211. The smallest absolute Gasteiger partial charge is 0.349 e. The van der Waals surface area contributed by atoms with Gasteiger partial charge in [0.1, 0.15) is 17.2 Å². The molecule has 4 nitrogen and oxygen atoms in total. The third-order valence-corrected chi connectivity index (χ3v) is 2.92. The van der Waals surface area contributed by atoms with Crippen molar-refractivity contribution in [2.75, 3.05) is 0 Å². The molecule has 0 atom stereocenters. The summed E-state index contributed by atoms with van der Waals surface area (Å²) in [4.78, 5) is 16.2. The SMILES string of the molecule is CC(C)(C)OC(=O)/C(C#N)=C\c1ccc(-c2ccccn2)cc1. The van der Waals surface area contributed by atoms with Crippen LogP contribution < -0.4 is 0 Å². The quantitative estimate of drug-likeness (QED) is 0.488. The van der Waals surface area contributed by atoms with E-state index < -0.39 is 11.6 Å². The van der Waals surface area contributed by atoms with Crippen molar-refractivity contribution in [2.24, 2.45) is 0 Å². The molecule has 2 aromatic rings. The van der Waals surface area contributed by atoms with Gasteiger partial charge in [-0.3, -0.25) is 4.98 Å². The van der Waals surface area contributed by atoms with Gasteiger partial charge in [-0.1, -0.05) is 30.3 Å². The first-order chi connectivity index (χ1) is 10.9. The van der Waals surface area contributed by atoms with Gasteiger partial charge in [-0.2, -0.15) is 5.26 Å². The Morgan fingerprint density at radius 2 is 1.87 bits per heavy atom. The lowest BCUT2D eigenvalue weighted by Crippen LogP contribution is -2.24. The molecule has 0 aliphatic carbocycles. The summed E-state index contributed by atoms with van der Waals surface area (Å²) < 4.78 is 5.22. The molecule has 1 aromatic carbocycles. The van der Waals surface area contributed by atoms with Gasteiger partial charge in [0.25, 0.3) is 0 Å². The van der Waals surface area contributed by atoms with Crippen LogP contribution in [0.2, 0.25) is 0 Å². The molecule has 0 amide bonds. The van der Waals surface area contributed by atoms with Crippen molar-refractivity contribution < 1.29 is 9.53 Å². The van der Waals surface area contributed by atoms with E-state index in [4.69, 9.17) is 10.00 Å². The molecule has 0 aliphatic rings. The number of hydrogen-bond donors (Lipinski definition) is 0. The van der Waals surface area contributed by atoms with Gasteiger partial charge in [0, 0.05) is 11.8 Å². The first-order valence-corrected chi connectivity index (χ1v) is 7.26. The molecule has 0 unspecified atom stereocenters. The van der Waals surface area contributed by atoms with Crippen LogP contribution in [0.3, 0.4) is 0 Å². The molecule has 116 valence electrons. The average molecular weight is 306 g/mol. The predicted molar refractivity (Wildman–Crippen MR) is 89.1 cm³/mol. The number of rotatable bonds is 3. The standard InChI is InChI=1S/C19H18N2O2/c1-19(2,3)23-18(22)16(13-20)12-14-7-9-15(10-8-14)17-6-4-5-11-21-17/h4-12H,1-3H3/b16-12-. The topological polar surface area (TPSA) is 63.0 Å². The zero-order valence-electron chi connectivity index (χ0n) is 13.4. The highest BCUT2D eigenvalue weighted by atomic mass is 16.6. The highest BCUT2D eigenvalue weighted by molar-refractivity contribution is 5.98. The molecule has 0 bridgehead atoms. The van der Waals surface area contributed by atoms with Crippen molar-refractivity contribution in [3.63, 3.8) is 0 Å². The number of esters is 1. The van der Waals surface area contributed by atoms with E-state index in [0.29, 0.717) is 0 Å². The number of carbonyl (C=O) groups is 1. The molecule has 0 N–H and O–H groups in total. The van der Waals surface area contributed by atoms with E-state index in [1.54, 1.807) is 27.0 Å². The Morgan fingerprint density at radius 3 is 2.39 bits per heavy atom. The molecule has 0 aliphatic heterocycles. The maximum atomic E-state index is 12.0. The summed E-state index contributed by atoms with van der Waals surface area (Å²) >= 11 is 0. The van der Waals surface area contributed by atoms with Crippen LogP contribution in [0.15, 0.2) is 54.2 Å². The number of nitriles is 1. The van der Waals surface area contributed by atoms with Crippen LogP contribution in [-0.2, 0) is 9.53 Å². The highest BCUT2D eigenvalue weighted by Gasteiger charge is 2.19. The molecule has 0 fully saturated rings. The van der Waals surface area contributed by atoms with Crippen molar-refractivity contribution in [1.29, 1.82) is 5.26 Å². The molecule has 0 saturated heterocycles. The number of aromatic nitrogens is 1. The van der Waals surface area contributed by atoms with E-state index in [-0.39, 0.29) is 5.57 Å². The summed E-state index contributed by atoms with van der Waals surface area (Å²) in [7, 11) is 0. The number of nitrogens with zero attached hydrogens (tertiary/aromatic N) is 2. The minimum Gasteiger partial charge on any atom is -0.456 e. The van der Waals surface area contributed by atoms with Gasteiger partial charge in [-0.05, 0) is 44.5 Å². The van der Waals surface area contributed by atoms with Crippen LogP contribution in [0.1, 0.15) is 26.3 Å². The van der Waals surface area contributed by atoms with E-state index >= 15 is 0 Å². The highest BCUT2D eigenvalue weighted by Crippen LogP contribution is 2.19. The van der Waals surface area contributed by atoms with Gasteiger partial charge < -0.3 is 4.74 Å². The van der Waals surface area contributed by atoms with Gasteiger partial charge in [-0.15, -0.1) is 0 Å². The van der Waals surface area contributed by atoms with E-state index in [2.05, 4.69) is 4.98 Å². The average Bonchev–Trinajstić information content (AvgIpc) is 2.52. The first-order valence-electron chi connectivity index (χ1n) is 7.26. The van der Waals surface area contributed by atoms with Gasteiger partial charge in [0.05, 0.1) is 5.69 Å². The number of benzene rings is 1. The number of carbonyl (C=O) groups excluding carboxylic acids is 1. The summed E-state index contributed by atoms with van der Waals surface area (Å²) in [5, 5.41) is 9.16. The molecule has 4 heteroatoms. The zero-order valence-corrected chi connectivity index (χ0v) is 13.4. The van der Waals surface area contributed by atoms with Crippen LogP contribution >= 0.6 is 0 Å². The second-order valence-corrected chi connectivity index (χ2v) is 6.01. The van der Waals surface area contributed by atoms with Gasteiger partial charge in [-0.25, -0.2) is 4.79 Å². The van der Waals surface area contributed by atoms with Gasteiger partial charge in [0.15, 0.2) is 0 Å². The Labute approximate surface area is 136 Å². The number of pyridine rings is 1.